The summed E-state index contributed by atoms with van der Waals surface area (Å²) in [6.45, 7) is 3.78. The van der Waals surface area contributed by atoms with Gasteiger partial charge in [0.15, 0.2) is 0 Å². The Morgan fingerprint density at radius 3 is 2.74 bits per heavy atom. The molecule has 104 valence electrons. The summed E-state index contributed by atoms with van der Waals surface area (Å²) in [6, 6.07) is 5.22. The third-order valence-electron chi connectivity index (χ3n) is 3.92. The molecule has 19 heavy (non-hydrogen) atoms. The fourth-order valence-electron chi connectivity index (χ4n) is 2.76. The van der Waals surface area contributed by atoms with Crippen molar-refractivity contribution in [3.05, 3.63) is 38.3 Å². The first-order valence-electron chi connectivity index (χ1n) is 6.64. The second-order valence-electron chi connectivity index (χ2n) is 5.65. The predicted octanol–water partition coefficient (Wildman–Crippen LogP) is 4.03. The molecular formula is C14H19BrN2O2. The normalized spacial score (nSPS) is 17.6. The Kier molecular flexibility index (Phi) is 4.58. The average Bonchev–Trinajstić information content (AvgIpc) is 2.78. The summed E-state index contributed by atoms with van der Waals surface area (Å²) in [5.41, 5.74) is 1.29. The van der Waals surface area contributed by atoms with Gasteiger partial charge in [0.2, 0.25) is 0 Å². The Morgan fingerprint density at radius 2 is 2.11 bits per heavy atom. The van der Waals surface area contributed by atoms with Crippen molar-refractivity contribution >= 4 is 21.6 Å². The SMILES string of the molecule is CC1(CNCc2ccc(Br)cc2[N+](=O)[O-])CCCC1. The number of hydrogen-bond donors (Lipinski definition) is 1. The van der Waals surface area contributed by atoms with Crippen molar-refractivity contribution in [2.45, 2.75) is 39.2 Å². The first-order chi connectivity index (χ1) is 9.00. The van der Waals surface area contributed by atoms with E-state index in [0.29, 0.717) is 12.0 Å². The van der Waals surface area contributed by atoms with E-state index in [4.69, 9.17) is 0 Å². The van der Waals surface area contributed by atoms with E-state index in [0.717, 1.165) is 16.6 Å². The van der Waals surface area contributed by atoms with Crippen LogP contribution in [0.5, 0.6) is 0 Å². The van der Waals surface area contributed by atoms with Crippen LogP contribution in [-0.4, -0.2) is 11.5 Å². The van der Waals surface area contributed by atoms with Crippen LogP contribution in [0.2, 0.25) is 0 Å². The van der Waals surface area contributed by atoms with Gasteiger partial charge in [-0.1, -0.05) is 35.7 Å². The summed E-state index contributed by atoms with van der Waals surface area (Å²) >= 11 is 3.27. The van der Waals surface area contributed by atoms with Crippen molar-refractivity contribution < 1.29 is 4.92 Å². The van der Waals surface area contributed by atoms with Crippen LogP contribution >= 0.6 is 15.9 Å². The maximum absolute atomic E-state index is 11.0. The molecule has 1 fully saturated rings. The highest BCUT2D eigenvalue weighted by Gasteiger charge is 2.28. The van der Waals surface area contributed by atoms with Crippen molar-refractivity contribution in [3.63, 3.8) is 0 Å². The smallest absolute Gasteiger partial charge is 0.275 e. The van der Waals surface area contributed by atoms with E-state index in [9.17, 15) is 10.1 Å². The van der Waals surface area contributed by atoms with Crippen molar-refractivity contribution in [2.75, 3.05) is 6.54 Å². The Morgan fingerprint density at radius 1 is 1.42 bits per heavy atom. The Balaban J connectivity index is 1.97. The van der Waals surface area contributed by atoms with Gasteiger partial charge in [-0.25, -0.2) is 0 Å². The Bertz CT molecular complexity index is 471. The lowest BCUT2D eigenvalue weighted by molar-refractivity contribution is -0.385. The Labute approximate surface area is 121 Å². The molecule has 1 aliphatic rings. The number of benzene rings is 1. The van der Waals surface area contributed by atoms with Crippen LogP contribution in [0.1, 0.15) is 38.2 Å². The van der Waals surface area contributed by atoms with Gasteiger partial charge in [0.25, 0.3) is 5.69 Å². The molecule has 0 bridgehead atoms. The molecule has 0 heterocycles. The average molecular weight is 327 g/mol. The third-order valence-corrected chi connectivity index (χ3v) is 4.42. The number of nitrogens with zero attached hydrogens (tertiary/aromatic N) is 1. The highest BCUT2D eigenvalue weighted by atomic mass is 79.9. The molecule has 0 unspecified atom stereocenters. The number of nitro groups is 1. The van der Waals surface area contributed by atoms with Gasteiger partial charge in [0.1, 0.15) is 0 Å². The zero-order valence-electron chi connectivity index (χ0n) is 11.1. The van der Waals surface area contributed by atoms with Crippen LogP contribution in [0, 0.1) is 15.5 Å². The van der Waals surface area contributed by atoms with E-state index in [2.05, 4.69) is 28.2 Å². The molecular weight excluding hydrogens is 308 g/mol. The summed E-state index contributed by atoms with van der Waals surface area (Å²) in [5, 5.41) is 14.4. The summed E-state index contributed by atoms with van der Waals surface area (Å²) in [7, 11) is 0. The van der Waals surface area contributed by atoms with Gasteiger partial charge in [-0.15, -0.1) is 0 Å². The standard InChI is InChI=1S/C14H19BrN2O2/c1-14(6-2-3-7-14)10-16-9-11-4-5-12(15)8-13(11)17(18)19/h4-5,8,16H,2-3,6-7,9-10H2,1H3. The fraction of sp³-hybridized carbons (Fsp3) is 0.571. The Hall–Kier alpha value is -0.940. The number of nitrogens with one attached hydrogen (secondary N) is 1. The van der Waals surface area contributed by atoms with Gasteiger partial charge in [0, 0.05) is 29.2 Å². The second-order valence-corrected chi connectivity index (χ2v) is 6.57. The fourth-order valence-corrected chi connectivity index (χ4v) is 3.11. The number of hydrogen-bond acceptors (Lipinski definition) is 3. The molecule has 2 rings (SSSR count). The summed E-state index contributed by atoms with van der Waals surface area (Å²) < 4.78 is 0.741. The highest BCUT2D eigenvalue weighted by molar-refractivity contribution is 9.10. The van der Waals surface area contributed by atoms with Crippen molar-refractivity contribution in [3.8, 4) is 0 Å². The van der Waals surface area contributed by atoms with E-state index >= 15 is 0 Å². The molecule has 0 atom stereocenters. The second kappa shape index (κ2) is 6.01. The van der Waals surface area contributed by atoms with Crippen LogP contribution in [-0.2, 0) is 6.54 Å². The van der Waals surface area contributed by atoms with Gasteiger partial charge < -0.3 is 5.32 Å². The van der Waals surface area contributed by atoms with Gasteiger partial charge >= 0.3 is 0 Å². The molecule has 1 aromatic carbocycles. The van der Waals surface area contributed by atoms with Crippen LogP contribution in [0.3, 0.4) is 0 Å². The molecule has 0 saturated heterocycles. The molecule has 1 saturated carbocycles. The molecule has 5 heteroatoms. The number of rotatable bonds is 5. The lowest BCUT2D eigenvalue weighted by atomic mass is 9.89. The minimum atomic E-state index is -0.320. The van der Waals surface area contributed by atoms with Crippen molar-refractivity contribution in [2.24, 2.45) is 5.41 Å². The maximum atomic E-state index is 11.0. The van der Waals surface area contributed by atoms with Crippen molar-refractivity contribution in [1.29, 1.82) is 0 Å². The van der Waals surface area contributed by atoms with Crippen LogP contribution in [0.25, 0.3) is 0 Å². The highest BCUT2D eigenvalue weighted by Crippen LogP contribution is 2.36. The van der Waals surface area contributed by atoms with Crippen LogP contribution < -0.4 is 5.32 Å². The van der Waals surface area contributed by atoms with Gasteiger partial charge in [-0.05, 0) is 30.4 Å². The zero-order valence-corrected chi connectivity index (χ0v) is 12.7. The minimum absolute atomic E-state index is 0.179. The summed E-state index contributed by atoms with van der Waals surface area (Å²) in [5.74, 6) is 0. The van der Waals surface area contributed by atoms with Gasteiger partial charge in [-0.2, -0.15) is 0 Å². The molecule has 1 aromatic rings. The van der Waals surface area contributed by atoms with Crippen molar-refractivity contribution in [1.82, 2.24) is 5.32 Å². The van der Waals surface area contributed by atoms with Crippen LogP contribution in [0.15, 0.2) is 22.7 Å². The van der Waals surface area contributed by atoms with E-state index in [1.54, 1.807) is 6.07 Å². The molecule has 0 amide bonds. The number of nitro benzene ring substituents is 1. The molecule has 4 nitrogen and oxygen atoms in total. The largest absolute Gasteiger partial charge is 0.312 e. The summed E-state index contributed by atoms with van der Waals surface area (Å²) in [6.07, 6.45) is 5.11. The lowest BCUT2D eigenvalue weighted by Gasteiger charge is -2.23. The quantitative estimate of drug-likeness (QED) is 0.656. The van der Waals surface area contributed by atoms with Gasteiger partial charge in [0.05, 0.1) is 4.92 Å². The van der Waals surface area contributed by atoms with E-state index < -0.39 is 0 Å². The molecule has 0 aliphatic heterocycles. The molecule has 0 spiro atoms. The molecule has 1 N–H and O–H groups in total. The number of halogens is 1. The summed E-state index contributed by atoms with van der Waals surface area (Å²) in [4.78, 5) is 10.7. The molecule has 1 aliphatic carbocycles. The molecule has 0 aromatic heterocycles. The maximum Gasteiger partial charge on any atom is 0.275 e. The van der Waals surface area contributed by atoms with Crippen LogP contribution in [0.4, 0.5) is 5.69 Å². The lowest BCUT2D eigenvalue weighted by Crippen LogP contribution is -2.29. The predicted molar refractivity (Wildman–Crippen MR) is 79.1 cm³/mol. The monoisotopic (exact) mass is 326 g/mol. The van der Waals surface area contributed by atoms with Gasteiger partial charge in [-0.3, -0.25) is 10.1 Å². The minimum Gasteiger partial charge on any atom is -0.312 e. The first kappa shape index (κ1) is 14.5. The van der Waals surface area contributed by atoms with E-state index in [1.165, 1.54) is 25.7 Å². The van der Waals surface area contributed by atoms with E-state index in [1.807, 2.05) is 12.1 Å². The first-order valence-corrected chi connectivity index (χ1v) is 7.43. The zero-order chi connectivity index (χ0) is 13.9. The topological polar surface area (TPSA) is 55.2 Å². The molecule has 0 radical (unpaired) electrons. The third kappa shape index (κ3) is 3.76. The van der Waals surface area contributed by atoms with E-state index in [-0.39, 0.29) is 10.6 Å².